The molecule has 5 fully saturated rings. The first kappa shape index (κ1) is 39.5. The molecule has 5 aliphatic rings. The highest BCUT2D eigenvalue weighted by atomic mass is 16.7. The van der Waals surface area contributed by atoms with Crippen LogP contribution in [0.1, 0.15) is 38.5 Å². The molecule has 5 rings (SSSR count). The van der Waals surface area contributed by atoms with E-state index in [1.54, 1.807) is 0 Å². The summed E-state index contributed by atoms with van der Waals surface area (Å²) in [5, 5.41) is 124. The van der Waals surface area contributed by atoms with Crippen LogP contribution < -0.4 is 0 Å². The van der Waals surface area contributed by atoms with Crippen molar-refractivity contribution in [2.24, 2.45) is 11.8 Å². The van der Waals surface area contributed by atoms with Crippen LogP contribution in [0.2, 0.25) is 0 Å². The molecule has 3 heterocycles. The number of aliphatic hydroxyl groups is 13. The Morgan fingerprint density at radius 2 is 1.22 bits per heavy atom. The number of hydrogen-bond donors (Lipinski definition) is 12. The SMILES string of the molecule is O=C(O)CC(=O)OCC1OC(OC2CC(O)CC3[OH+]C(C4CC(O)C(O)C(O)C4)C(OC4OC(CO)C(O)C(O)C4O)CC23)C(O)C(O)C1O. The molecule has 0 aromatic rings. The van der Waals surface area contributed by atoms with Gasteiger partial charge in [0.1, 0.15) is 74.1 Å². The fraction of sp³-hybridized carbons (Fsp3) is 0.933. The molecular weight excluding hydrogens is 680 g/mol. The van der Waals surface area contributed by atoms with Gasteiger partial charge in [0.2, 0.25) is 0 Å². The first-order chi connectivity index (χ1) is 23.6. The van der Waals surface area contributed by atoms with Gasteiger partial charge in [-0.3, -0.25) is 9.59 Å². The number of aliphatic carboxylic acids is 1. The zero-order chi connectivity index (χ0) is 36.6. The Labute approximate surface area is 285 Å². The van der Waals surface area contributed by atoms with E-state index in [4.69, 9.17) is 33.5 Å². The van der Waals surface area contributed by atoms with Gasteiger partial charge in [0, 0.05) is 18.8 Å². The molecule has 0 aromatic carbocycles. The van der Waals surface area contributed by atoms with Crippen molar-refractivity contribution in [3.63, 3.8) is 0 Å². The Balaban J connectivity index is 1.36. The second-order valence-corrected chi connectivity index (χ2v) is 13.9. The van der Waals surface area contributed by atoms with Crippen LogP contribution in [-0.2, 0) is 33.3 Å². The summed E-state index contributed by atoms with van der Waals surface area (Å²) in [6.45, 7) is -1.40. The minimum Gasteiger partial charge on any atom is -0.481 e. The fourth-order valence-electron chi connectivity index (χ4n) is 7.73. The Bertz CT molecular complexity index is 1130. The Kier molecular flexibility index (Phi) is 13.1. The van der Waals surface area contributed by atoms with Gasteiger partial charge in [0.05, 0.1) is 36.9 Å². The van der Waals surface area contributed by atoms with E-state index in [0.717, 1.165) is 0 Å². The summed E-state index contributed by atoms with van der Waals surface area (Å²) in [6, 6.07) is 0. The van der Waals surface area contributed by atoms with Crippen LogP contribution in [-0.4, -0.2) is 201 Å². The molecule has 0 bridgehead atoms. The minimum atomic E-state index is -1.84. The Morgan fingerprint density at radius 3 is 1.80 bits per heavy atom. The number of hydrogen-bond acceptors (Lipinski definition) is 18. The predicted molar refractivity (Wildman–Crippen MR) is 157 cm³/mol. The van der Waals surface area contributed by atoms with Crippen LogP contribution in [0.4, 0.5) is 0 Å². The van der Waals surface area contributed by atoms with E-state index in [9.17, 15) is 65.8 Å². The lowest BCUT2D eigenvalue weighted by molar-refractivity contribution is -0.368. The lowest BCUT2D eigenvalue weighted by Crippen LogP contribution is -2.64. The van der Waals surface area contributed by atoms with Crippen molar-refractivity contribution in [2.75, 3.05) is 13.2 Å². The number of carboxylic acid groups (broad SMARTS) is 1. The summed E-state index contributed by atoms with van der Waals surface area (Å²) in [6.07, 6.45) is -25.8. The minimum absolute atomic E-state index is 0.00154. The standard InChI is InChI=1S/C30H48O20/c31-7-17-22(39)24(41)26(43)30(49-17)48-16-5-11-14(46-28(16)9-1-12(33)21(38)13(34)2-9)3-10(32)4-15(11)47-29-27(44)25(42)23(40)18(50-29)8-45-20(37)6-19(35)36/h9-18,21-34,38-44H,1-8H2,(H,35,36)/p+1. The van der Waals surface area contributed by atoms with E-state index in [-0.39, 0.29) is 32.1 Å². The van der Waals surface area contributed by atoms with Gasteiger partial charge in [0.25, 0.3) is 0 Å². The van der Waals surface area contributed by atoms with E-state index >= 15 is 0 Å². The van der Waals surface area contributed by atoms with Gasteiger partial charge in [-0.2, -0.15) is 0 Å². The Hall–Kier alpha value is -1.70. The van der Waals surface area contributed by atoms with E-state index in [2.05, 4.69) is 0 Å². The highest BCUT2D eigenvalue weighted by Gasteiger charge is 2.57. The average Bonchev–Trinajstić information content (AvgIpc) is 3.06. The van der Waals surface area contributed by atoms with Gasteiger partial charge in [-0.1, -0.05) is 0 Å². The molecule has 20 heteroatoms. The largest absolute Gasteiger partial charge is 0.481 e. The second-order valence-electron chi connectivity index (χ2n) is 13.9. The van der Waals surface area contributed by atoms with Crippen molar-refractivity contribution in [3.05, 3.63) is 0 Å². The third-order valence-corrected chi connectivity index (χ3v) is 10.4. The average molecular weight is 730 g/mol. The number of esters is 1. The number of fused-ring (bicyclic) bond motifs is 1. The molecule has 20 nitrogen and oxygen atoms in total. The number of aliphatic hydroxyl groups excluding tert-OH is 11. The molecule has 3 aliphatic heterocycles. The summed E-state index contributed by atoms with van der Waals surface area (Å²) >= 11 is 0. The van der Waals surface area contributed by atoms with Crippen molar-refractivity contribution >= 4 is 11.9 Å². The first-order valence-electron chi connectivity index (χ1n) is 16.7. The molecule has 0 spiro atoms. The van der Waals surface area contributed by atoms with Crippen LogP contribution in [0.5, 0.6) is 0 Å². The lowest BCUT2D eigenvalue weighted by atomic mass is 9.72. The van der Waals surface area contributed by atoms with Crippen molar-refractivity contribution in [1.29, 1.82) is 0 Å². The smallest absolute Gasteiger partial charge is 0.317 e. The molecule has 18 atom stereocenters. The molecule has 13 N–H and O–H groups in total. The number of carbonyl (C=O) groups excluding carboxylic acids is 1. The first-order valence-corrected chi connectivity index (χ1v) is 16.7. The molecule has 0 aromatic heterocycles. The van der Waals surface area contributed by atoms with Crippen LogP contribution >= 0.6 is 0 Å². The predicted octanol–water partition coefficient (Wildman–Crippen LogP) is -6.69. The maximum atomic E-state index is 11.8. The fourth-order valence-corrected chi connectivity index (χ4v) is 7.73. The van der Waals surface area contributed by atoms with Crippen molar-refractivity contribution in [1.82, 2.24) is 0 Å². The van der Waals surface area contributed by atoms with Gasteiger partial charge in [0.15, 0.2) is 24.8 Å². The number of ether oxygens (including phenoxy) is 6. The highest BCUT2D eigenvalue weighted by Crippen LogP contribution is 2.44. The summed E-state index contributed by atoms with van der Waals surface area (Å²) in [4.78, 5) is 22.6. The van der Waals surface area contributed by atoms with E-state index < -0.39 is 154 Å². The maximum Gasteiger partial charge on any atom is 0.317 e. The molecule has 2 aliphatic carbocycles. The van der Waals surface area contributed by atoms with E-state index in [1.165, 1.54) is 0 Å². The summed E-state index contributed by atoms with van der Waals surface area (Å²) in [5.74, 6) is -3.78. The maximum absolute atomic E-state index is 11.8. The Morgan fingerprint density at radius 1 is 0.660 bits per heavy atom. The topological polar surface area (TPSA) is 336 Å². The second kappa shape index (κ2) is 16.5. The molecule has 0 amide bonds. The normalized spacial score (nSPS) is 49.9. The molecule has 0 radical (unpaired) electrons. The van der Waals surface area contributed by atoms with Gasteiger partial charge in [-0.15, -0.1) is 0 Å². The molecular formula is C30H49O20+. The zero-order valence-corrected chi connectivity index (χ0v) is 26.9. The summed E-state index contributed by atoms with van der Waals surface area (Å²) in [5.41, 5.74) is 0. The summed E-state index contributed by atoms with van der Waals surface area (Å²) in [7, 11) is 0. The summed E-state index contributed by atoms with van der Waals surface area (Å²) < 4.78 is 33.3. The van der Waals surface area contributed by atoms with Crippen LogP contribution in [0.15, 0.2) is 0 Å². The van der Waals surface area contributed by atoms with E-state index in [1.807, 2.05) is 0 Å². The van der Waals surface area contributed by atoms with Crippen LogP contribution in [0, 0.1) is 11.8 Å². The van der Waals surface area contributed by atoms with Gasteiger partial charge < -0.3 is 89.7 Å². The van der Waals surface area contributed by atoms with Crippen molar-refractivity contribution in [3.8, 4) is 0 Å². The highest BCUT2D eigenvalue weighted by molar-refractivity contribution is 5.90. The number of carbonyl (C=O) groups is 2. The van der Waals surface area contributed by atoms with E-state index in [0.29, 0.717) is 0 Å². The van der Waals surface area contributed by atoms with Crippen LogP contribution in [0.25, 0.3) is 0 Å². The van der Waals surface area contributed by atoms with Crippen molar-refractivity contribution in [2.45, 2.75) is 149 Å². The zero-order valence-electron chi connectivity index (χ0n) is 26.9. The number of rotatable bonds is 10. The lowest BCUT2D eigenvalue weighted by Gasteiger charge is -2.50. The molecule has 18 unspecified atom stereocenters. The monoisotopic (exact) mass is 729 g/mol. The van der Waals surface area contributed by atoms with Crippen molar-refractivity contribution < 1.29 is 99.3 Å². The van der Waals surface area contributed by atoms with Gasteiger partial charge in [-0.25, -0.2) is 0 Å². The third kappa shape index (κ3) is 8.57. The molecule has 50 heavy (non-hydrogen) atoms. The molecule has 3 saturated heterocycles. The third-order valence-electron chi connectivity index (χ3n) is 10.4. The van der Waals surface area contributed by atoms with Gasteiger partial charge >= 0.3 is 11.9 Å². The quantitative estimate of drug-likeness (QED) is 0.0565. The van der Waals surface area contributed by atoms with Gasteiger partial charge in [-0.05, 0) is 19.3 Å². The van der Waals surface area contributed by atoms with Crippen LogP contribution in [0.3, 0.4) is 0 Å². The number of carboxylic acids is 1. The molecule has 288 valence electrons. The molecule has 2 saturated carbocycles.